The van der Waals surface area contributed by atoms with Gasteiger partial charge in [-0.3, -0.25) is 0 Å². The number of alkyl halides is 3. The van der Waals surface area contributed by atoms with Gasteiger partial charge in [0.25, 0.3) is 0 Å². The third-order valence-electron chi connectivity index (χ3n) is 2.67. The molecule has 0 saturated heterocycles. The van der Waals surface area contributed by atoms with E-state index in [-0.39, 0.29) is 5.92 Å². The molecule has 1 aromatic carbocycles. The van der Waals surface area contributed by atoms with Crippen LogP contribution in [0.15, 0.2) is 28.8 Å². The fraction of sp³-hybridized carbons (Fsp3) is 0.333. The van der Waals surface area contributed by atoms with E-state index in [1.54, 1.807) is 6.92 Å². The summed E-state index contributed by atoms with van der Waals surface area (Å²) in [6.07, 6.45) is -4.31. The number of aromatic nitrogens is 2. The van der Waals surface area contributed by atoms with Crippen molar-refractivity contribution in [3.05, 3.63) is 47.1 Å². The quantitative estimate of drug-likeness (QED) is 0.824. The summed E-state index contributed by atoms with van der Waals surface area (Å²) in [4.78, 5) is 4.06. The van der Waals surface area contributed by atoms with Crippen molar-refractivity contribution in [1.29, 1.82) is 0 Å². The van der Waals surface area contributed by atoms with Gasteiger partial charge in [0.05, 0.1) is 5.56 Å². The molecule has 6 heteroatoms. The third kappa shape index (κ3) is 2.52. The van der Waals surface area contributed by atoms with Crippen LogP contribution in [-0.4, -0.2) is 10.1 Å². The van der Waals surface area contributed by atoms with Crippen molar-refractivity contribution in [3.63, 3.8) is 0 Å². The normalized spacial score (nSPS) is 13.6. The minimum absolute atomic E-state index is 0.204. The van der Waals surface area contributed by atoms with Crippen LogP contribution in [0.1, 0.15) is 35.7 Å². The Balaban J connectivity index is 2.24. The minimum Gasteiger partial charge on any atom is -0.340 e. The monoisotopic (exact) mass is 256 g/mol. The van der Waals surface area contributed by atoms with Crippen LogP contribution < -0.4 is 0 Å². The number of benzene rings is 1. The van der Waals surface area contributed by atoms with Gasteiger partial charge in [-0.15, -0.1) is 0 Å². The highest BCUT2D eigenvalue weighted by atomic mass is 19.4. The van der Waals surface area contributed by atoms with Crippen LogP contribution in [0.3, 0.4) is 0 Å². The molecule has 0 aliphatic rings. The first-order valence-corrected chi connectivity index (χ1v) is 5.35. The zero-order chi connectivity index (χ0) is 13.3. The number of aryl methyl sites for hydroxylation is 1. The van der Waals surface area contributed by atoms with Crippen LogP contribution in [0, 0.1) is 6.92 Å². The summed E-state index contributed by atoms with van der Waals surface area (Å²) in [5.41, 5.74) is 0.0477. The number of nitrogens with zero attached hydrogens (tertiary/aromatic N) is 2. The van der Waals surface area contributed by atoms with Crippen LogP contribution >= 0.6 is 0 Å². The Hall–Kier alpha value is -1.85. The maximum absolute atomic E-state index is 12.4. The van der Waals surface area contributed by atoms with E-state index in [1.807, 2.05) is 6.92 Å². The van der Waals surface area contributed by atoms with E-state index < -0.39 is 11.7 Å². The lowest BCUT2D eigenvalue weighted by Crippen LogP contribution is -2.05. The minimum atomic E-state index is -4.31. The van der Waals surface area contributed by atoms with Gasteiger partial charge >= 0.3 is 6.18 Å². The average molecular weight is 256 g/mol. The van der Waals surface area contributed by atoms with Crippen molar-refractivity contribution in [1.82, 2.24) is 10.1 Å². The van der Waals surface area contributed by atoms with Crippen molar-refractivity contribution in [2.45, 2.75) is 25.9 Å². The van der Waals surface area contributed by atoms with E-state index >= 15 is 0 Å². The first kappa shape index (κ1) is 12.6. The Morgan fingerprint density at radius 2 is 1.78 bits per heavy atom. The van der Waals surface area contributed by atoms with Gasteiger partial charge in [-0.25, -0.2) is 0 Å². The van der Waals surface area contributed by atoms with Crippen molar-refractivity contribution in [2.75, 3.05) is 0 Å². The first-order chi connectivity index (χ1) is 8.38. The molecule has 0 bridgehead atoms. The highest BCUT2D eigenvalue weighted by molar-refractivity contribution is 5.29. The lowest BCUT2D eigenvalue weighted by atomic mass is 9.99. The van der Waals surface area contributed by atoms with Crippen molar-refractivity contribution in [2.24, 2.45) is 0 Å². The Morgan fingerprint density at radius 1 is 1.17 bits per heavy atom. The van der Waals surface area contributed by atoms with E-state index in [0.717, 1.165) is 12.1 Å². The largest absolute Gasteiger partial charge is 0.416 e. The third-order valence-corrected chi connectivity index (χ3v) is 2.67. The molecule has 18 heavy (non-hydrogen) atoms. The van der Waals surface area contributed by atoms with Gasteiger partial charge in [0.2, 0.25) is 5.89 Å². The smallest absolute Gasteiger partial charge is 0.340 e. The van der Waals surface area contributed by atoms with Crippen LogP contribution in [0.5, 0.6) is 0 Å². The van der Waals surface area contributed by atoms with E-state index in [9.17, 15) is 13.2 Å². The summed E-state index contributed by atoms with van der Waals surface area (Å²) in [6, 6.07) is 4.97. The fourth-order valence-electron chi connectivity index (χ4n) is 1.60. The topological polar surface area (TPSA) is 38.9 Å². The summed E-state index contributed by atoms with van der Waals surface area (Å²) in [6.45, 7) is 3.48. The predicted molar refractivity (Wildman–Crippen MR) is 58.0 cm³/mol. The molecule has 3 nitrogen and oxygen atoms in total. The molecule has 0 unspecified atom stereocenters. The second-order valence-corrected chi connectivity index (χ2v) is 4.01. The summed E-state index contributed by atoms with van der Waals surface area (Å²) >= 11 is 0. The molecule has 2 rings (SSSR count). The number of halogens is 3. The molecule has 0 aliphatic heterocycles. The summed E-state index contributed by atoms with van der Waals surface area (Å²) in [7, 11) is 0. The molecule has 0 N–H and O–H groups in total. The Morgan fingerprint density at radius 3 is 2.22 bits per heavy atom. The van der Waals surface area contributed by atoms with Gasteiger partial charge in [0.1, 0.15) is 0 Å². The SMILES string of the molecule is Cc1nc([C@@H](C)c2ccc(C(F)(F)F)cc2)no1. The molecule has 96 valence electrons. The molecule has 1 aromatic heterocycles. The molecule has 2 aromatic rings. The van der Waals surface area contributed by atoms with Crippen molar-refractivity contribution >= 4 is 0 Å². The number of hydrogen-bond acceptors (Lipinski definition) is 3. The molecule has 0 saturated carbocycles. The standard InChI is InChI=1S/C12H11F3N2O/c1-7(11-16-8(2)18-17-11)9-3-5-10(6-4-9)12(13,14)15/h3-7H,1-2H3/t7-/m0/s1. The fourth-order valence-corrected chi connectivity index (χ4v) is 1.60. The predicted octanol–water partition coefficient (Wildman–Crippen LogP) is 3.55. The lowest BCUT2D eigenvalue weighted by Gasteiger charge is -2.10. The zero-order valence-corrected chi connectivity index (χ0v) is 9.82. The van der Waals surface area contributed by atoms with Gasteiger partial charge in [0, 0.05) is 12.8 Å². The molecule has 0 amide bonds. The zero-order valence-electron chi connectivity index (χ0n) is 9.82. The highest BCUT2D eigenvalue weighted by Crippen LogP contribution is 2.30. The first-order valence-electron chi connectivity index (χ1n) is 5.35. The molecule has 1 atom stereocenters. The van der Waals surface area contributed by atoms with Crippen LogP contribution in [0.2, 0.25) is 0 Å². The lowest BCUT2D eigenvalue weighted by molar-refractivity contribution is -0.137. The van der Waals surface area contributed by atoms with Crippen LogP contribution in [-0.2, 0) is 6.18 Å². The molecule has 0 fully saturated rings. The van der Waals surface area contributed by atoms with Crippen LogP contribution in [0.4, 0.5) is 13.2 Å². The number of hydrogen-bond donors (Lipinski definition) is 0. The highest BCUT2D eigenvalue weighted by Gasteiger charge is 2.30. The molecular formula is C12H11F3N2O. The van der Waals surface area contributed by atoms with Crippen LogP contribution in [0.25, 0.3) is 0 Å². The van der Waals surface area contributed by atoms with Gasteiger partial charge in [-0.05, 0) is 17.7 Å². The summed E-state index contributed by atoms with van der Waals surface area (Å²) in [5.74, 6) is 0.695. The average Bonchev–Trinajstić information content (AvgIpc) is 2.74. The number of rotatable bonds is 2. The second kappa shape index (κ2) is 4.44. The Bertz CT molecular complexity index is 531. The van der Waals surface area contributed by atoms with E-state index in [2.05, 4.69) is 10.1 Å². The summed E-state index contributed by atoms with van der Waals surface area (Å²) < 4.78 is 42.1. The molecular weight excluding hydrogens is 245 g/mol. The van der Waals surface area contributed by atoms with Crippen molar-refractivity contribution in [3.8, 4) is 0 Å². The maximum Gasteiger partial charge on any atom is 0.416 e. The Kier molecular flexibility index (Phi) is 3.11. The van der Waals surface area contributed by atoms with Gasteiger partial charge < -0.3 is 4.52 Å². The van der Waals surface area contributed by atoms with Crippen molar-refractivity contribution < 1.29 is 17.7 Å². The summed E-state index contributed by atoms with van der Waals surface area (Å²) in [5, 5.41) is 3.75. The maximum atomic E-state index is 12.4. The van der Waals surface area contributed by atoms with E-state index in [1.165, 1.54) is 12.1 Å². The van der Waals surface area contributed by atoms with Gasteiger partial charge in [0.15, 0.2) is 5.82 Å². The van der Waals surface area contributed by atoms with Gasteiger partial charge in [-0.1, -0.05) is 24.2 Å². The Labute approximate surface area is 102 Å². The molecule has 1 heterocycles. The molecule has 0 radical (unpaired) electrons. The van der Waals surface area contributed by atoms with E-state index in [0.29, 0.717) is 17.3 Å². The molecule has 0 spiro atoms. The van der Waals surface area contributed by atoms with Gasteiger partial charge in [-0.2, -0.15) is 18.2 Å². The molecule has 0 aliphatic carbocycles. The second-order valence-electron chi connectivity index (χ2n) is 4.01. The van der Waals surface area contributed by atoms with E-state index in [4.69, 9.17) is 4.52 Å².